The van der Waals surface area contributed by atoms with Crippen LogP contribution in [-0.4, -0.2) is 23.5 Å². The van der Waals surface area contributed by atoms with Crippen LogP contribution in [0.1, 0.15) is 48.1 Å². The highest BCUT2D eigenvalue weighted by atomic mass is 16.4. The number of furan rings is 1. The lowest BCUT2D eigenvalue weighted by molar-refractivity contribution is -0.116. The van der Waals surface area contributed by atoms with Crippen LogP contribution in [0.2, 0.25) is 0 Å². The van der Waals surface area contributed by atoms with Crippen molar-refractivity contribution in [1.82, 2.24) is 5.32 Å². The number of anilines is 1. The summed E-state index contributed by atoms with van der Waals surface area (Å²) in [5.74, 6) is 0.344. The third kappa shape index (κ3) is 5.46. The number of hydrogen-bond acceptors (Lipinski definition) is 4. The molecule has 1 atom stereocenters. The van der Waals surface area contributed by atoms with Crippen LogP contribution in [-0.2, 0) is 4.79 Å². The molecule has 6 nitrogen and oxygen atoms in total. The smallest absolute Gasteiger partial charge is 0.251 e. The van der Waals surface area contributed by atoms with Crippen LogP contribution in [0.15, 0.2) is 41.0 Å². The summed E-state index contributed by atoms with van der Waals surface area (Å²) in [5.41, 5.74) is 1.96. The molecular weight excluding hydrogens is 320 g/mol. The fraction of sp³-hybridized carbons (Fsp3) is 0.368. The molecule has 1 aromatic carbocycles. The van der Waals surface area contributed by atoms with Crippen molar-refractivity contribution in [2.45, 2.75) is 33.3 Å². The number of aliphatic hydroxyl groups is 1. The van der Waals surface area contributed by atoms with E-state index in [1.165, 1.54) is 6.26 Å². The molecule has 0 bridgehead atoms. The first-order chi connectivity index (χ1) is 11.9. The van der Waals surface area contributed by atoms with Crippen molar-refractivity contribution in [3.8, 4) is 0 Å². The molecule has 1 heterocycles. The van der Waals surface area contributed by atoms with Crippen molar-refractivity contribution in [3.63, 3.8) is 0 Å². The van der Waals surface area contributed by atoms with Crippen LogP contribution in [0.4, 0.5) is 5.69 Å². The minimum Gasteiger partial charge on any atom is -0.467 e. The number of benzene rings is 1. The first kappa shape index (κ1) is 18.7. The van der Waals surface area contributed by atoms with E-state index in [0.717, 1.165) is 5.56 Å². The van der Waals surface area contributed by atoms with Gasteiger partial charge in [-0.25, -0.2) is 0 Å². The maximum Gasteiger partial charge on any atom is 0.251 e. The lowest BCUT2D eigenvalue weighted by Gasteiger charge is -2.12. The molecule has 1 aromatic heterocycles. The number of carbonyl (C=O) groups excluding carboxylic acids is 2. The highest BCUT2D eigenvalue weighted by molar-refractivity contribution is 5.96. The van der Waals surface area contributed by atoms with E-state index >= 15 is 0 Å². The molecule has 2 amide bonds. The molecule has 1 unspecified atom stereocenters. The summed E-state index contributed by atoms with van der Waals surface area (Å²) in [4.78, 5) is 24.1. The Bertz CT molecular complexity index is 723. The minimum atomic E-state index is -0.894. The van der Waals surface area contributed by atoms with E-state index in [1.54, 1.807) is 30.3 Å². The highest BCUT2D eigenvalue weighted by Crippen LogP contribution is 2.18. The van der Waals surface area contributed by atoms with E-state index in [1.807, 2.05) is 20.8 Å². The summed E-state index contributed by atoms with van der Waals surface area (Å²) < 4.78 is 5.09. The quantitative estimate of drug-likeness (QED) is 0.720. The molecule has 25 heavy (non-hydrogen) atoms. The van der Waals surface area contributed by atoms with E-state index in [9.17, 15) is 14.7 Å². The number of aryl methyl sites for hydroxylation is 1. The average molecular weight is 344 g/mol. The molecule has 0 aliphatic rings. The van der Waals surface area contributed by atoms with Gasteiger partial charge in [0.15, 0.2) is 0 Å². The van der Waals surface area contributed by atoms with Crippen molar-refractivity contribution in [3.05, 3.63) is 53.5 Å². The molecule has 0 radical (unpaired) electrons. The molecule has 0 saturated carbocycles. The molecule has 0 aliphatic heterocycles. The normalized spacial score (nSPS) is 12.0. The number of amides is 2. The van der Waals surface area contributed by atoms with Gasteiger partial charge >= 0.3 is 0 Å². The average Bonchev–Trinajstić information content (AvgIpc) is 3.08. The Morgan fingerprint density at radius 2 is 2.00 bits per heavy atom. The summed E-state index contributed by atoms with van der Waals surface area (Å²) in [6, 6.07) is 8.39. The third-order valence-electron chi connectivity index (χ3n) is 3.68. The van der Waals surface area contributed by atoms with Crippen LogP contribution in [0, 0.1) is 12.8 Å². The SMILES string of the molecule is Cc1cc(C(=O)NCC(O)c2ccco2)ccc1NC(=O)CC(C)C. The first-order valence-electron chi connectivity index (χ1n) is 8.27. The fourth-order valence-electron chi connectivity index (χ4n) is 2.39. The molecular formula is C19H24N2O4. The predicted molar refractivity (Wildman–Crippen MR) is 95.3 cm³/mol. The van der Waals surface area contributed by atoms with Gasteiger partial charge in [-0.15, -0.1) is 0 Å². The van der Waals surface area contributed by atoms with E-state index in [-0.39, 0.29) is 24.3 Å². The topological polar surface area (TPSA) is 91.6 Å². The van der Waals surface area contributed by atoms with Crippen LogP contribution in [0.3, 0.4) is 0 Å². The van der Waals surface area contributed by atoms with E-state index in [4.69, 9.17) is 4.42 Å². The molecule has 2 aromatic rings. The second kappa shape index (κ2) is 8.48. The summed E-state index contributed by atoms with van der Waals surface area (Å²) in [7, 11) is 0. The van der Waals surface area contributed by atoms with Crippen molar-refractivity contribution in [2.24, 2.45) is 5.92 Å². The summed E-state index contributed by atoms with van der Waals surface area (Å²) in [6.45, 7) is 5.85. The van der Waals surface area contributed by atoms with Crippen LogP contribution in [0.25, 0.3) is 0 Å². The van der Waals surface area contributed by atoms with Crippen LogP contribution in [0.5, 0.6) is 0 Å². The lowest BCUT2D eigenvalue weighted by atomic mass is 10.1. The van der Waals surface area contributed by atoms with Gasteiger partial charge in [0.25, 0.3) is 5.91 Å². The van der Waals surface area contributed by atoms with Gasteiger partial charge in [0, 0.05) is 17.7 Å². The van der Waals surface area contributed by atoms with Crippen molar-refractivity contribution in [2.75, 3.05) is 11.9 Å². The monoisotopic (exact) mass is 344 g/mol. The highest BCUT2D eigenvalue weighted by Gasteiger charge is 2.14. The molecule has 6 heteroatoms. The minimum absolute atomic E-state index is 0.0446. The van der Waals surface area contributed by atoms with Gasteiger partial charge in [-0.05, 0) is 48.7 Å². The zero-order valence-electron chi connectivity index (χ0n) is 14.7. The Labute approximate surface area is 147 Å². The van der Waals surface area contributed by atoms with Gasteiger partial charge < -0.3 is 20.2 Å². The van der Waals surface area contributed by atoms with Gasteiger partial charge in [0.1, 0.15) is 11.9 Å². The Hall–Kier alpha value is -2.60. The maximum atomic E-state index is 12.2. The van der Waals surface area contributed by atoms with Gasteiger partial charge in [0.2, 0.25) is 5.91 Å². The molecule has 134 valence electrons. The zero-order chi connectivity index (χ0) is 18.4. The first-order valence-corrected chi connectivity index (χ1v) is 8.27. The number of aliphatic hydroxyl groups excluding tert-OH is 1. The van der Waals surface area contributed by atoms with E-state index in [0.29, 0.717) is 23.4 Å². The Kier molecular flexibility index (Phi) is 6.36. The van der Waals surface area contributed by atoms with Gasteiger partial charge in [-0.2, -0.15) is 0 Å². The molecule has 2 rings (SSSR count). The number of hydrogen-bond donors (Lipinski definition) is 3. The van der Waals surface area contributed by atoms with Crippen molar-refractivity contribution < 1.29 is 19.1 Å². The second-order valence-corrected chi connectivity index (χ2v) is 6.42. The van der Waals surface area contributed by atoms with Crippen molar-refractivity contribution in [1.29, 1.82) is 0 Å². The van der Waals surface area contributed by atoms with E-state index < -0.39 is 6.10 Å². The van der Waals surface area contributed by atoms with Gasteiger partial charge in [-0.1, -0.05) is 13.8 Å². The van der Waals surface area contributed by atoms with Gasteiger partial charge in [0.05, 0.1) is 12.8 Å². The molecule has 0 spiro atoms. The molecule has 0 aliphatic carbocycles. The molecule has 0 fully saturated rings. The van der Waals surface area contributed by atoms with Crippen molar-refractivity contribution >= 4 is 17.5 Å². The Balaban J connectivity index is 1.94. The number of carbonyl (C=O) groups is 2. The van der Waals surface area contributed by atoms with Crippen LogP contribution >= 0.6 is 0 Å². The summed E-state index contributed by atoms with van der Waals surface area (Å²) >= 11 is 0. The van der Waals surface area contributed by atoms with E-state index in [2.05, 4.69) is 10.6 Å². The molecule has 3 N–H and O–H groups in total. The zero-order valence-corrected chi connectivity index (χ0v) is 14.7. The Morgan fingerprint density at radius 3 is 2.60 bits per heavy atom. The number of rotatable bonds is 7. The van der Waals surface area contributed by atoms with Gasteiger partial charge in [-0.3, -0.25) is 9.59 Å². The third-order valence-corrected chi connectivity index (χ3v) is 3.68. The summed E-state index contributed by atoms with van der Waals surface area (Å²) in [5, 5.41) is 15.4. The standard InChI is InChI=1S/C19H24N2O4/c1-12(2)9-18(23)21-15-7-6-14(10-13(15)3)19(24)20-11-16(22)17-5-4-8-25-17/h4-8,10,12,16,22H,9,11H2,1-3H3,(H,20,24)(H,21,23). The lowest BCUT2D eigenvalue weighted by Crippen LogP contribution is -2.28. The number of nitrogens with one attached hydrogen (secondary N) is 2. The van der Waals surface area contributed by atoms with Crippen LogP contribution < -0.4 is 10.6 Å². The molecule has 0 saturated heterocycles. The fourth-order valence-corrected chi connectivity index (χ4v) is 2.39. The largest absolute Gasteiger partial charge is 0.467 e. The second-order valence-electron chi connectivity index (χ2n) is 6.42. The summed E-state index contributed by atoms with van der Waals surface area (Å²) in [6.07, 6.45) is 1.03. The predicted octanol–water partition coefficient (Wildman–Crippen LogP) is 3.04. The Morgan fingerprint density at radius 1 is 1.24 bits per heavy atom. The maximum absolute atomic E-state index is 12.2.